The summed E-state index contributed by atoms with van der Waals surface area (Å²) >= 11 is 0. The molecule has 1 unspecified atom stereocenters. The molecule has 1 heterocycles. The Hall–Kier alpha value is -2.27. The van der Waals surface area contributed by atoms with Crippen LogP contribution >= 0.6 is 0 Å². The van der Waals surface area contributed by atoms with E-state index in [2.05, 4.69) is 0 Å². The van der Waals surface area contributed by atoms with E-state index in [1.165, 1.54) is 11.0 Å². The van der Waals surface area contributed by atoms with Crippen molar-refractivity contribution in [1.29, 1.82) is 0 Å². The molecule has 1 amide bonds. The summed E-state index contributed by atoms with van der Waals surface area (Å²) < 4.78 is 27.6. The molecule has 0 aliphatic carbocycles. The summed E-state index contributed by atoms with van der Waals surface area (Å²) in [5.41, 5.74) is 6.97. The zero-order valence-electron chi connectivity index (χ0n) is 11.2. The van der Waals surface area contributed by atoms with E-state index >= 15 is 0 Å². The van der Waals surface area contributed by atoms with E-state index in [0.717, 1.165) is 17.7 Å². The molecule has 0 radical (unpaired) electrons. The number of hydrogen-bond donors (Lipinski definition) is 1. The van der Waals surface area contributed by atoms with Crippen LogP contribution in [0.25, 0.3) is 0 Å². The van der Waals surface area contributed by atoms with Gasteiger partial charge >= 0.3 is 0 Å². The van der Waals surface area contributed by atoms with E-state index < -0.39 is 23.1 Å². The molecule has 21 heavy (non-hydrogen) atoms. The first-order valence-electron chi connectivity index (χ1n) is 6.67. The highest BCUT2D eigenvalue weighted by Crippen LogP contribution is 2.28. The summed E-state index contributed by atoms with van der Waals surface area (Å²) in [6.07, 6.45) is 0.639. The average Bonchev–Trinajstić information content (AvgIpc) is 2.46. The predicted octanol–water partition coefficient (Wildman–Crippen LogP) is 2.50. The van der Waals surface area contributed by atoms with E-state index in [1.807, 2.05) is 12.1 Å². The Morgan fingerprint density at radius 2 is 1.76 bits per heavy atom. The fraction of sp³-hybridized carbons (Fsp3) is 0.188. The highest BCUT2D eigenvalue weighted by atomic mass is 19.1. The van der Waals surface area contributed by atoms with Gasteiger partial charge in [-0.1, -0.05) is 24.3 Å². The van der Waals surface area contributed by atoms with Crippen LogP contribution < -0.4 is 10.6 Å². The summed E-state index contributed by atoms with van der Waals surface area (Å²) in [7, 11) is 0. The number of halogens is 2. The molecule has 2 aromatic rings. The summed E-state index contributed by atoms with van der Waals surface area (Å²) in [5, 5.41) is 0. The Morgan fingerprint density at radius 3 is 2.48 bits per heavy atom. The maximum absolute atomic E-state index is 13.8. The second-order valence-corrected chi connectivity index (χ2v) is 5.11. The first kappa shape index (κ1) is 13.7. The predicted molar refractivity (Wildman–Crippen MR) is 76.2 cm³/mol. The second-order valence-electron chi connectivity index (χ2n) is 5.11. The summed E-state index contributed by atoms with van der Waals surface area (Å²) in [5.74, 6) is -2.43. The van der Waals surface area contributed by atoms with E-state index in [0.29, 0.717) is 12.1 Å². The Kier molecular flexibility index (Phi) is 3.43. The van der Waals surface area contributed by atoms with Crippen molar-refractivity contribution in [3.8, 4) is 0 Å². The van der Waals surface area contributed by atoms with Crippen molar-refractivity contribution in [2.75, 3.05) is 11.4 Å². The summed E-state index contributed by atoms with van der Waals surface area (Å²) in [4.78, 5) is 13.9. The third-order valence-electron chi connectivity index (χ3n) is 3.60. The second kappa shape index (κ2) is 5.26. The lowest BCUT2D eigenvalue weighted by Crippen LogP contribution is -2.46. The highest BCUT2D eigenvalue weighted by molar-refractivity contribution is 6.07. The third kappa shape index (κ3) is 2.40. The summed E-state index contributed by atoms with van der Waals surface area (Å²) in [6, 6.07) is 10.4. The molecule has 0 bridgehead atoms. The zero-order chi connectivity index (χ0) is 15.0. The number of nitrogens with two attached hydrogens (primary N) is 1. The molecular formula is C16H14F2N2O. The minimum atomic E-state index is -0.864. The van der Waals surface area contributed by atoms with Crippen molar-refractivity contribution in [3.63, 3.8) is 0 Å². The maximum Gasteiger partial charge on any atom is 0.264 e. The van der Waals surface area contributed by atoms with Crippen molar-refractivity contribution in [2.45, 2.75) is 12.5 Å². The lowest BCUT2D eigenvalue weighted by molar-refractivity contribution is 0.0975. The van der Waals surface area contributed by atoms with Gasteiger partial charge in [-0.15, -0.1) is 0 Å². The molecule has 3 rings (SSSR count). The number of para-hydroxylation sites is 1. The fourth-order valence-electron chi connectivity index (χ4n) is 2.66. The number of hydrogen-bond acceptors (Lipinski definition) is 2. The SMILES string of the molecule is NC1Cc2ccccc2N(C(=O)c2c(F)cccc2F)C1. The van der Waals surface area contributed by atoms with Gasteiger partial charge in [-0.05, 0) is 30.2 Å². The van der Waals surface area contributed by atoms with Gasteiger partial charge in [0.2, 0.25) is 0 Å². The van der Waals surface area contributed by atoms with Crippen LogP contribution in [0.4, 0.5) is 14.5 Å². The number of amides is 1. The van der Waals surface area contributed by atoms with Gasteiger partial charge in [0.25, 0.3) is 5.91 Å². The summed E-state index contributed by atoms with van der Waals surface area (Å²) in [6.45, 7) is 0.240. The highest BCUT2D eigenvalue weighted by Gasteiger charge is 2.30. The van der Waals surface area contributed by atoms with E-state index in [9.17, 15) is 13.6 Å². The van der Waals surface area contributed by atoms with Gasteiger partial charge in [0, 0.05) is 18.3 Å². The van der Waals surface area contributed by atoms with Crippen LogP contribution in [0.5, 0.6) is 0 Å². The molecule has 5 heteroatoms. The molecule has 2 N–H and O–H groups in total. The van der Waals surface area contributed by atoms with Crippen LogP contribution in [-0.2, 0) is 6.42 Å². The van der Waals surface area contributed by atoms with Crippen LogP contribution in [0.2, 0.25) is 0 Å². The number of carbonyl (C=O) groups excluding carboxylic acids is 1. The van der Waals surface area contributed by atoms with Crippen LogP contribution in [-0.4, -0.2) is 18.5 Å². The molecule has 0 fully saturated rings. The van der Waals surface area contributed by atoms with Crippen LogP contribution in [0.1, 0.15) is 15.9 Å². The molecular weight excluding hydrogens is 274 g/mol. The Labute approximate surface area is 121 Å². The van der Waals surface area contributed by atoms with E-state index in [4.69, 9.17) is 5.73 Å². The van der Waals surface area contributed by atoms with Gasteiger partial charge in [-0.25, -0.2) is 8.78 Å². The molecule has 0 spiro atoms. The Balaban J connectivity index is 2.06. The molecule has 1 aliphatic rings. The first-order chi connectivity index (χ1) is 10.1. The fourth-order valence-corrected chi connectivity index (χ4v) is 2.66. The monoisotopic (exact) mass is 288 g/mol. The number of rotatable bonds is 1. The van der Waals surface area contributed by atoms with Gasteiger partial charge in [0.05, 0.1) is 0 Å². The smallest absolute Gasteiger partial charge is 0.264 e. The van der Waals surface area contributed by atoms with Crippen molar-refractivity contribution in [1.82, 2.24) is 0 Å². The standard InChI is InChI=1S/C16H14F2N2O/c17-12-5-3-6-13(18)15(12)16(21)20-9-11(19)8-10-4-1-2-7-14(10)20/h1-7,11H,8-9,19H2. The minimum absolute atomic E-state index is 0.240. The van der Waals surface area contributed by atoms with E-state index in [1.54, 1.807) is 12.1 Å². The Morgan fingerprint density at radius 1 is 1.10 bits per heavy atom. The molecule has 0 saturated carbocycles. The van der Waals surface area contributed by atoms with Crippen LogP contribution in [0.3, 0.4) is 0 Å². The lowest BCUT2D eigenvalue weighted by Gasteiger charge is -2.33. The normalized spacial score (nSPS) is 17.5. The van der Waals surface area contributed by atoms with Gasteiger partial charge in [0.1, 0.15) is 17.2 Å². The van der Waals surface area contributed by atoms with Crippen LogP contribution in [0, 0.1) is 11.6 Å². The van der Waals surface area contributed by atoms with Crippen molar-refractivity contribution in [3.05, 3.63) is 65.2 Å². The number of anilines is 1. The Bertz CT molecular complexity index is 682. The molecule has 0 saturated heterocycles. The molecule has 1 atom stereocenters. The van der Waals surface area contributed by atoms with Gasteiger partial charge < -0.3 is 10.6 Å². The van der Waals surface area contributed by atoms with Gasteiger partial charge in [0.15, 0.2) is 0 Å². The van der Waals surface area contributed by atoms with Crippen molar-refractivity contribution >= 4 is 11.6 Å². The zero-order valence-corrected chi connectivity index (χ0v) is 11.2. The number of benzene rings is 2. The van der Waals surface area contributed by atoms with Gasteiger partial charge in [-0.3, -0.25) is 4.79 Å². The molecule has 0 aromatic heterocycles. The van der Waals surface area contributed by atoms with Crippen LogP contribution in [0.15, 0.2) is 42.5 Å². The van der Waals surface area contributed by atoms with E-state index in [-0.39, 0.29) is 12.6 Å². The molecule has 1 aliphatic heterocycles. The lowest BCUT2D eigenvalue weighted by atomic mass is 9.97. The van der Waals surface area contributed by atoms with Gasteiger partial charge in [-0.2, -0.15) is 0 Å². The molecule has 3 nitrogen and oxygen atoms in total. The number of fused-ring (bicyclic) bond motifs is 1. The first-order valence-corrected chi connectivity index (χ1v) is 6.67. The third-order valence-corrected chi connectivity index (χ3v) is 3.60. The topological polar surface area (TPSA) is 46.3 Å². The largest absolute Gasteiger partial charge is 0.326 e. The molecule has 108 valence electrons. The number of carbonyl (C=O) groups is 1. The number of nitrogens with zero attached hydrogens (tertiary/aromatic N) is 1. The van der Waals surface area contributed by atoms with Crippen molar-refractivity contribution in [2.24, 2.45) is 5.73 Å². The quantitative estimate of drug-likeness (QED) is 0.876. The minimum Gasteiger partial charge on any atom is -0.326 e. The maximum atomic E-state index is 13.8. The molecule has 2 aromatic carbocycles. The van der Waals surface area contributed by atoms with Crippen molar-refractivity contribution < 1.29 is 13.6 Å². The average molecular weight is 288 g/mol.